The van der Waals surface area contributed by atoms with Crippen molar-refractivity contribution in [2.24, 2.45) is 0 Å². The van der Waals surface area contributed by atoms with Crippen molar-refractivity contribution in [2.45, 2.75) is 6.42 Å². The number of aromatic nitrogens is 4. The van der Waals surface area contributed by atoms with Gasteiger partial charge in [0.2, 0.25) is 5.95 Å². The predicted molar refractivity (Wildman–Crippen MR) is 90.0 cm³/mol. The fourth-order valence-electron chi connectivity index (χ4n) is 2.79. The van der Waals surface area contributed by atoms with Crippen LogP contribution in [0.15, 0.2) is 24.5 Å². The Balaban J connectivity index is 1.71. The maximum Gasteiger partial charge on any atom is 0.253 e. The number of anilines is 2. The van der Waals surface area contributed by atoms with Crippen LogP contribution in [-0.2, 0) is 6.42 Å². The number of likely N-dealkylation sites (N-methyl/N-ethyl adjacent to an activating group) is 1. The van der Waals surface area contributed by atoms with E-state index in [9.17, 15) is 4.79 Å². The third kappa shape index (κ3) is 2.25. The van der Waals surface area contributed by atoms with Gasteiger partial charge in [0.1, 0.15) is 11.2 Å². The first-order chi connectivity index (χ1) is 11.7. The summed E-state index contributed by atoms with van der Waals surface area (Å²) in [6.45, 7) is 0.739. The molecule has 4 rings (SSSR count). The Labute approximate surface area is 138 Å². The van der Waals surface area contributed by atoms with Crippen molar-refractivity contribution in [1.82, 2.24) is 24.8 Å². The second-order valence-electron chi connectivity index (χ2n) is 5.61. The second-order valence-corrected chi connectivity index (χ2v) is 5.61. The molecule has 2 N–H and O–H groups in total. The van der Waals surface area contributed by atoms with Gasteiger partial charge in [0, 0.05) is 24.8 Å². The Morgan fingerprint density at radius 3 is 3.08 bits per heavy atom. The van der Waals surface area contributed by atoms with Gasteiger partial charge in [0.05, 0.1) is 6.33 Å². The lowest BCUT2D eigenvalue weighted by Crippen LogP contribution is -2.34. The summed E-state index contributed by atoms with van der Waals surface area (Å²) in [5, 5.41) is 3.10. The highest BCUT2D eigenvalue weighted by atomic mass is 16.2. The van der Waals surface area contributed by atoms with E-state index in [0.29, 0.717) is 28.4 Å². The highest BCUT2D eigenvalue weighted by Crippen LogP contribution is 2.24. The van der Waals surface area contributed by atoms with E-state index in [0.717, 1.165) is 24.2 Å². The molecule has 7 nitrogen and oxygen atoms in total. The lowest BCUT2D eigenvalue weighted by atomic mass is 9.99. The van der Waals surface area contributed by atoms with Crippen molar-refractivity contribution >= 4 is 28.7 Å². The number of rotatable bonds is 2. The molecule has 0 atom stereocenters. The molecule has 0 fully saturated rings. The van der Waals surface area contributed by atoms with Gasteiger partial charge >= 0.3 is 0 Å². The van der Waals surface area contributed by atoms with Gasteiger partial charge in [-0.05, 0) is 30.0 Å². The summed E-state index contributed by atoms with van der Waals surface area (Å²) in [7, 11) is 1.80. The minimum absolute atomic E-state index is 0.0212. The quantitative estimate of drug-likeness (QED) is 0.702. The number of nitrogens with one attached hydrogen (secondary N) is 2. The molecule has 1 aliphatic heterocycles. The maximum absolute atomic E-state index is 12.3. The van der Waals surface area contributed by atoms with Crippen LogP contribution in [0.1, 0.15) is 21.6 Å². The number of hydrogen-bond donors (Lipinski definition) is 2. The Morgan fingerprint density at radius 2 is 2.25 bits per heavy atom. The van der Waals surface area contributed by atoms with E-state index in [-0.39, 0.29) is 5.91 Å². The molecular formula is C17H14N6O. The predicted octanol–water partition coefficient (Wildman–Crippen LogP) is 1.71. The fourth-order valence-corrected chi connectivity index (χ4v) is 2.79. The average molecular weight is 318 g/mol. The fraction of sp³-hybridized carbons (Fsp3) is 0.176. The van der Waals surface area contributed by atoms with Gasteiger partial charge in [0.15, 0.2) is 5.65 Å². The zero-order valence-electron chi connectivity index (χ0n) is 13.0. The molecule has 0 radical (unpaired) electrons. The molecule has 3 aromatic rings. The molecule has 1 aromatic carbocycles. The first kappa shape index (κ1) is 14.2. The number of benzene rings is 1. The minimum atomic E-state index is 0.0212. The van der Waals surface area contributed by atoms with E-state index < -0.39 is 0 Å². The van der Waals surface area contributed by atoms with E-state index in [4.69, 9.17) is 6.42 Å². The summed E-state index contributed by atoms with van der Waals surface area (Å²) in [5.74, 6) is 2.89. The van der Waals surface area contributed by atoms with Crippen LogP contribution >= 0.6 is 0 Å². The van der Waals surface area contributed by atoms with E-state index in [1.165, 1.54) is 6.33 Å². The van der Waals surface area contributed by atoms with Gasteiger partial charge in [-0.1, -0.05) is 6.07 Å². The van der Waals surface area contributed by atoms with Crippen LogP contribution in [0.2, 0.25) is 0 Å². The third-order valence-corrected chi connectivity index (χ3v) is 4.08. The lowest BCUT2D eigenvalue weighted by Gasteiger charge is -2.25. The summed E-state index contributed by atoms with van der Waals surface area (Å²) in [4.78, 5) is 29.7. The summed E-state index contributed by atoms with van der Waals surface area (Å²) in [5.41, 5.74) is 4.05. The molecular weight excluding hydrogens is 304 g/mol. The van der Waals surface area contributed by atoms with Crippen LogP contribution in [0.3, 0.4) is 0 Å². The summed E-state index contributed by atoms with van der Waals surface area (Å²) < 4.78 is 0. The number of carbonyl (C=O) groups excluding carboxylic acids is 1. The number of aromatic amines is 1. The number of H-pyrrole nitrogens is 1. The van der Waals surface area contributed by atoms with Crippen LogP contribution in [-0.4, -0.2) is 44.3 Å². The monoisotopic (exact) mass is 318 g/mol. The zero-order chi connectivity index (χ0) is 16.7. The Hall–Kier alpha value is -3.40. The molecule has 2 aromatic heterocycles. The van der Waals surface area contributed by atoms with Crippen molar-refractivity contribution in [3.63, 3.8) is 0 Å². The molecule has 1 aliphatic rings. The molecule has 24 heavy (non-hydrogen) atoms. The molecule has 0 unspecified atom stereocenters. The molecule has 1 amide bonds. The van der Waals surface area contributed by atoms with Crippen LogP contribution in [0.25, 0.3) is 11.2 Å². The molecule has 118 valence electrons. The topological polar surface area (TPSA) is 86.8 Å². The number of imidazole rings is 1. The highest BCUT2D eigenvalue weighted by Gasteiger charge is 2.21. The maximum atomic E-state index is 12.3. The SMILES string of the molecule is C#Cc1nc(Nc2ccc3c(c2)C(=O)N(C)CC3)nc2nc[nH]c12. The Kier molecular flexibility index (Phi) is 3.17. The summed E-state index contributed by atoms with van der Waals surface area (Å²) >= 11 is 0. The number of fused-ring (bicyclic) bond motifs is 2. The van der Waals surface area contributed by atoms with Gasteiger partial charge in [-0.25, -0.2) is 9.97 Å². The van der Waals surface area contributed by atoms with Gasteiger partial charge in [-0.3, -0.25) is 4.79 Å². The standard InChI is InChI=1S/C17H14N6O/c1-3-13-14-15(19-9-18-14)22-17(21-13)20-11-5-4-10-6-7-23(2)16(24)12(10)8-11/h1,4-5,8-9H,6-7H2,2H3,(H2,18,19,20,21,22). The minimum Gasteiger partial charge on any atom is -0.341 e. The largest absolute Gasteiger partial charge is 0.341 e. The molecule has 3 heterocycles. The Bertz CT molecular complexity index is 1000. The highest BCUT2D eigenvalue weighted by molar-refractivity contribution is 5.97. The van der Waals surface area contributed by atoms with Crippen molar-refractivity contribution in [2.75, 3.05) is 18.9 Å². The number of hydrogen-bond acceptors (Lipinski definition) is 5. The normalized spacial score (nSPS) is 13.7. The van der Waals surface area contributed by atoms with Crippen LogP contribution < -0.4 is 5.32 Å². The van der Waals surface area contributed by atoms with Gasteiger partial charge in [0.25, 0.3) is 5.91 Å². The molecule has 7 heteroatoms. The lowest BCUT2D eigenvalue weighted by molar-refractivity contribution is 0.0781. The zero-order valence-corrected chi connectivity index (χ0v) is 13.0. The van der Waals surface area contributed by atoms with E-state index in [1.807, 2.05) is 18.2 Å². The van der Waals surface area contributed by atoms with E-state index >= 15 is 0 Å². The number of carbonyl (C=O) groups is 1. The second kappa shape index (κ2) is 5.35. The number of amides is 1. The van der Waals surface area contributed by atoms with Crippen molar-refractivity contribution in [3.8, 4) is 12.3 Å². The average Bonchev–Trinajstić information content (AvgIpc) is 3.06. The van der Waals surface area contributed by atoms with Crippen LogP contribution in [0, 0.1) is 12.3 Å². The van der Waals surface area contributed by atoms with E-state index in [1.54, 1.807) is 11.9 Å². The molecule has 0 spiro atoms. The van der Waals surface area contributed by atoms with Crippen molar-refractivity contribution in [3.05, 3.63) is 41.3 Å². The van der Waals surface area contributed by atoms with Gasteiger partial charge in [-0.15, -0.1) is 6.42 Å². The summed E-state index contributed by atoms with van der Waals surface area (Å²) in [6, 6.07) is 5.68. The number of nitrogens with zero attached hydrogens (tertiary/aromatic N) is 4. The van der Waals surface area contributed by atoms with Gasteiger partial charge < -0.3 is 15.2 Å². The van der Waals surface area contributed by atoms with Crippen LogP contribution in [0.4, 0.5) is 11.6 Å². The first-order valence-corrected chi connectivity index (χ1v) is 7.49. The molecule has 0 saturated carbocycles. The van der Waals surface area contributed by atoms with Crippen molar-refractivity contribution < 1.29 is 4.79 Å². The smallest absolute Gasteiger partial charge is 0.253 e. The first-order valence-electron chi connectivity index (χ1n) is 7.49. The third-order valence-electron chi connectivity index (χ3n) is 4.08. The van der Waals surface area contributed by atoms with Crippen LogP contribution in [0.5, 0.6) is 0 Å². The molecule has 0 bridgehead atoms. The van der Waals surface area contributed by atoms with Gasteiger partial charge in [-0.2, -0.15) is 4.98 Å². The van der Waals surface area contributed by atoms with Crippen molar-refractivity contribution in [1.29, 1.82) is 0 Å². The van der Waals surface area contributed by atoms with E-state index in [2.05, 4.69) is 31.2 Å². The Morgan fingerprint density at radius 1 is 1.38 bits per heavy atom. The number of terminal acetylenes is 1. The molecule has 0 saturated heterocycles. The summed E-state index contributed by atoms with van der Waals surface area (Å²) in [6.07, 6.45) is 7.88. The molecule has 0 aliphatic carbocycles.